The van der Waals surface area contributed by atoms with Crippen molar-refractivity contribution >= 4 is 17.8 Å². The standard InChI is InChI=1S/C23H28N2O6/c1-29-19-12-11-17(15-20(19)30-2)22(27)24-13-7-10-21(26)25-18(23(28)31-3)14-16-8-5-4-6-9-16/h4-6,8-9,11-12,15,18H,7,10,13-14H2,1-3H3,(H,24,27)(H,25,26)/t18-/m0/s1. The Labute approximate surface area is 181 Å². The molecule has 0 heterocycles. The van der Waals surface area contributed by atoms with Crippen LogP contribution in [0, 0.1) is 0 Å². The van der Waals surface area contributed by atoms with E-state index in [0.29, 0.717) is 36.4 Å². The molecule has 0 saturated carbocycles. The first kappa shape index (κ1) is 23.7. The number of carbonyl (C=O) groups excluding carboxylic acids is 3. The molecule has 2 amide bonds. The van der Waals surface area contributed by atoms with E-state index in [0.717, 1.165) is 5.56 Å². The van der Waals surface area contributed by atoms with Crippen LogP contribution in [0.2, 0.25) is 0 Å². The van der Waals surface area contributed by atoms with Gasteiger partial charge in [0.2, 0.25) is 5.91 Å². The maximum absolute atomic E-state index is 12.3. The minimum absolute atomic E-state index is 0.161. The highest BCUT2D eigenvalue weighted by molar-refractivity contribution is 5.94. The summed E-state index contributed by atoms with van der Waals surface area (Å²) in [5.74, 6) is -0.0725. The summed E-state index contributed by atoms with van der Waals surface area (Å²) < 4.78 is 15.1. The van der Waals surface area contributed by atoms with Gasteiger partial charge >= 0.3 is 5.97 Å². The predicted octanol–water partition coefficient (Wildman–Crippen LogP) is 2.11. The number of ether oxygens (including phenoxy) is 3. The first-order chi connectivity index (χ1) is 15.0. The van der Waals surface area contributed by atoms with E-state index in [4.69, 9.17) is 14.2 Å². The fraction of sp³-hybridized carbons (Fsp3) is 0.348. The molecule has 31 heavy (non-hydrogen) atoms. The smallest absolute Gasteiger partial charge is 0.328 e. The number of methoxy groups -OCH3 is 3. The van der Waals surface area contributed by atoms with Crippen LogP contribution in [0.4, 0.5) is 0 Å². The number of benzene rings is 2. The zero-order valence-corrected chi connectivity index (χ0v) is 18.0. The molecule has 8 nitrogen and oxygen atoms in total. The molecule has 0 saturated heterocycles. The molecule has 0 radical (unpaired) electrons. The maximum atomic E-state index is 12.3. The lowest BCUT2D eigenvalue weighted by molar-refractivity contribution is -0.145. The number of esters is 1. The molecule has 0 spiro atoms. The van der Waals surface area contributed by atoms with E-state index in [9.17, 15) is 14.4 Å². The lowest BCUT2D eigenvalue weighted by atomic mass is 10.1. The fourth-order valence-electron chi connectivity index (χ4n) is 2.98. The van der Waals surface area contributed by atoms with E-state index >= 15 is 0 Å². The van der Waals surface area contributed by atoms with Crippen molar-refractivity contribution in [3.8, 4) is 11.5 Å². The Hall–Kier alpha value is -3.55. The second kappa shape index (κ2) is 12.2. The van der Waals surface area contributed by atoms with E-state index in [1.165, 1.54) is 21.3 Å². The van der Waals surface area contributed by atoms with Crippen LogP contribution in [0.15, 0.2) is 48.5 Å². The van der Waals surface area contributed by atoms with Gasteiger partial charge in [-0.1, -0.05) is 30.3 Å². The van der Waals surface area contributed by atoms with E-state index in [-0.39, 0.29) is 18.2 Å². The van der Waals surface area contributed by atoms with Gasteiger partial charge in [0, 0.05) is 24.9 Å². The van der Waals surface area contributed by atoms with Crippen molar-refractivity contribution in [1.29, 1.82) is 0 Å². The maximum Gasteiger partial charge on any atom is 0.328 e. The Morgan fingerprint density at radius 2 is 1.65 bits per heavy atom. The summed E-state index contributed by atoms with van der Waals surface area (Å²) in [5, 5.41) is 5.47. The normalized spacial score (nSPS) is 11.2. The molecule has 1 atom stereocenters. The van der Waals surface area contributed by atoms with Gasteiger partial charge in [-0.3, -0.25) is 9.59 Å². The van der Waals surface area contributed by atoms with Crippen LogP contribution < -0.4 is 20.1 Å². The highest BCUT2D eigenvalue weighted by Gasteiger charge is 2.21. The van der Waals surface area contributed by atoms with Crippen LogP contribution in [-0.2, 0) is 20.7 Å². The van der Waals surface area contributed by atoms with Crippen LogP contribution in [0.5, 0.6) is 11.5 Å². The quantitative estimate of drug-likeness (QED) is 0.420. The molecule has 2 aromatic rings. The summed E-state index contributed by atoms with van der Waals surface area (Å²) in [6.07, 6.45) is 0.924. The van der Waals surface area contributed by atoms with Gasteiger partial charge in [-0.05, 0) is 30.2 Å². The average Bonchev–Trinajstić information content (AvgIpc) is 2.80. The minimum Gasteiger partial charge on any atom is -0.493 e. The van der Waals surface area contributed by atoms with Gasteiger partial charge in [0.1, 0.15) is 6.04 Å². The van der Waals surface area contributed by atoms with Gasteiger partial charge < -0.3 is 24.8 Å². The van der Waals surface area contributed by atoms with Gasteiger partial charge in [0.05, 0.1) is 21.3 Å². The van der Waals surface area contributed by atoms with Crippen LogP contribution in [-0.4, -0.2) is 51.7 Å². The third-order valence-electron chi connectivity index (χ3n) is 4.62. The Morgan fingerprint density at radius 1 is 0.935 bits per heavy atom. The monoisotopic (exact) mass is 428 g/mol. The number of hydrogen-bond acceptors (Lipinski definition) is 6. The lowest BCUT2D eigenvalue weighted by Crippen LogP contribution is -2.43. The molecule has 8 heteroatoms. The summed E-state index contributed by atoms with van der Waals surface area (Å²) in [6.45, 7) is 0.308. The third-order valence-corrected chi connectivity index (χ3v) is 4.62. The van der Waals surface area contributed by atoms with Crippen molar-refractivity contribution < 1.29 is 28.6 Å². The Bertz CT molecular complexity index is 885. The number of amides is 2. The molecule has 0 aliphatic rings. The predicted molar refractivity (Wildman–Crippen MR) is 115 cm³/mol. The zero-order valence-electron chi connectivity index (χ0n) is 18.0. The molecule has 0 bridgehead atoms. The highest BCUT2D eigenvalue weighted by atomic mass is 16.5. The van der Waals surface area contributed by atoms with Gasteiger partial charge in [0.15, 0.2) is 11.5 Å². The van der Waals surface area contributed by atoms with E-state index in [2.05, 4.69) is 10.6 Å². The SMILES string of the molecule is COC(=O)[C@H](Cc1ccccc1)NC(=O)CCCNC(=O)c1ccc(OC)c(OC)c1. The molecule has 0 aliphatic carbocycles. The average molecular weight is 428 g/mol. The molecule has 0 unspecified atom stereocenters. The lowest BCUT2D eigenvalue weighted by Gasteiger charge is -2.16. The fourth-order valence-corrected chi connectivity index (χ4v) is 2.98. The number of rotatable bonds is 11. The molecular weight excluding hydrogens is 400 g/mol. The van der Waals surface area contributed by atoms with Gasteiger partial charge in [0.25, 0.3) is 5.91 Å². The summed E-state index contributed by atoms with van der Waals surface area (Å²) in [4.78, 5) is 36.6. The minimum atomic E-state index is -0.763. The van der Waals surface area contributed by atoms with Crippen LogP contribution in [0.3, 0.4) is 0 Å². The van der Waals surface area contributed by atoms with E-state index < -0.39 is 12.0 Å². The zero-order chi connectivity index (χ0) is 22.6. The van der Waals surface area contributed by atoms with E-state index in [1.54, 1.807) is 18.2 Å². The van der Waals surface area contributed by atoms with Gasteiger partial charge in [-0.15, -0.1) is 0 Å². The third kappa shape index (κ3) is 7.33. The highest BCUT2D eigenvalue weighted by Crippen LogP contribution is 2.27. The van der Waals surface area contributed by atoms with Crippen LogP contribution in [0.25, 0.3) is 0 Å². The summed E-state index contributed by atoms with van der Waals surface area (Å²) in [6, 6.07) is 13.5. The van der Waals surface area contributed by atoms with Gasteiger partial charge in [-0.2, -0.15) is 0 Å². The summed E-state index contributed by atoms with van der Waals surface area (Å²) >= 11 is 0. The van der Waals surface area contributed by atoms with Crippen molar-refractivity contribution in [3.05, 3.63) is 59.7 Å². The van der Waals surface area contributed by atoms with E-state index in [1.807, 2.05) is 30.3 Å². The summed E-state index contributed by atoms with van der Waals surface area (Å²) in [7, 11) is 4.31. The second-order valence-corrected chi connectivity index (χ2v) is 6.76. The molecule has 2 aromatic carbocycles. The number of carbonyl (C=O) groups is 3. The molecule has 2 N–H and O–H groups in total. The molecular formula is C23H28N2O6. The van der Waals surface area contributed by atoms with Crippen LogP contribution >= 0.6 is 0 Å². The van der Waals surface area contributed by atoms with Crippen LogP contribution in [0.1, 0.15) is 28.8 Å². The molecule has 0 fully saturated rings. The van der Waals surface area contributed by atoms with Crippen molar-refractivity contribution in [2.24, 2.45) is 0 Å². The number of hydrogen-bond donors (Lipinski definition) is 2. The molecule has 166 valence electrons. The van der Waals surface area contributed by atoms with Crippen molar-refractivity contribution in [1.82, 2.24) is 10.6 Å². The molecule has 2 rings (SSSR count). The van der Waals surface area contributed by atoms with Crippen molar-refractivity contribution in [2.75, 3.05) is 27.9 Å². The number of nitrogens with one attached hydrogen (secondary N) is 2. The van der Waals surface area contributed by atoms with Gasteiger partial charge in [-0.25, -0.2) is 4.79 Å². The Kier molecular flexibility index (Phi) is 9.35. The molecule has 0 aromatic heterocycles. The topological polar surface area (TPSA) is 103 Å². The Balaban J connectivity index is 1.81. The van der Waals surface area contributed by atoms with Crippen molar-refractivity contribution in [2.45, 2.75) is 25.3 Å². The summed E-state index contributed by atoms with van der Waals surface area (Å²) in [5.41, 5.74) is 1.34. The molecule has 0 aliphatic heterocycles. The second-order valence-electron chi connectivity index (χ2n) is 6.76. The Morgan fingerprint density at radius 3 is 2.29 bits per heavy atom. The first-order valence-corrected chi connectivity index (χ1v) is 9.89. The van der Waals surface area contributed by atoms with Crippen molar-refractivity contribution in [3.63, 3.8) is 0 Å². The largest absolute Gasteiger partial charge is 0.493 e. The first-order valence-electron chi connectivity index (χ1n) is 9.89.